The first kappa shape index (κ1) is 24.2. The molecule has 1 fully saturated rings. The van der Waals surface area contributed by atoms with E-state index in [9.17, 15) is 12.8 Å². The summed E-state index contributed by atoms with van der Waals surface area (Å²) in [6, 6.07) is 6.11. The molecule has 0 aliphatic carbocycles. The number of benzene rings is 1. The normalized spacial score (nSPS) is 15.2. The second kappa shape index (κ2) is 9.16. The van der Waals surface area contributed by atoms with E-state index < -0.39 is 15.7 Å². The number of fused-ring (bicyclic) bond motifs is 1. The molecular formula is C24H27FN6O4S. The van der Waals surface area contributed by atoms with Crippen molar-refractivity contribution in [1.82, 2.24) is 24.7 Å². The summed E-state index contributed by atoms with van der Waals surface area (Å²) in [7, 11) is -3.52. The Bertz CT molecular complexity index is 1520. The van der Waals surface area contributed by atoms with E-state index in [1.54, 1.807) is 23.7 Å². The zero-order valence-electron chi connectivity index (χ0n) is 20.5. The van der Waals surface area contributed by atoms with Gasteiger partial charge in [-0.25, -0.2) is 17.8 Å². The lowest BCUT2D eigenvalue weighted by Gasteiger charge is -2.30. The van der Waals surface area contributed by atoms with Crippen LogP contribution in [0.15, 0.2) is 39.9 Å². The molecule has 1 saturated heterocycles. The maximum absolute atomic E-state index is 15.0. The van der Waals surface area contributed by atoms with Crippen molar-refractivity contribution >= 4 is 21.5 Å². The van der Waals surface area contributed by atoms with Gasteiger partial charge in [0.15, 0.2) is 21.3 Å². The van der Waals surface area contributed by atoms with Gasteiger partial charge in [0.2, 0.25) is 5.88 Å². The smallest absolute Gasteiger partial charge is 0.324 e. The zero-order valence-corrected chi connectivity index (χ0v) is 21.3. The lowest BCUT2D eigenvalue weighted by molar-refractivity contribution is 0.157. The molecule has 0 saturated carbocycles. The van der Waals surface area contributed by atoms with Crippen LogP contribution in [0.3, 0.4) is 0 Å². The van der Waals surface area contributed by atoms with Gasteiger partial charge in [-0.3, -0.25) is 0 Å². The third kappa shape index (κ3) is 4.52. The van der Waals surface area contributed by atoms with E-state index in [2.05, 4.69) is 25.1 Å². The molecule has 1 aliphatic heterocycles. The van der Waals surface area contributed by atoms with E-state index in [0.29, 0.717) is 47.7 Å². The minimum Gasteiger partial charge on any atom is -0.474 e. The summed E-state index contributed by atoms with van der Waals surface area (Å²) in [6.45, 7) is 7.21. The van der Waals surface area contributed by atoms with E-state index >= 15 is 0 Å². The summed E-state index contributed by atoms with van der Waals surface area (Å²) in [5, 5.41) is 8.59. The predicted octanol–water partition coefficient (Wildman–Crippen LogP) is 3.80. The van der Waals surface area contributed by atoms with Crippen LogP contribution in [0.2, 0.25) is 0 Å². The van der Waals surface area contributed by atoms with Crippen LogP contribution in [0.1, 0.15) is 44.1 Å². The topological polar surface area (TPSA) is 116 Å². The molecule has 10 nitrogen and oxygen atoms in total. The van der Waals surface area contributed by atoms with Crippen molar-refractivity contribution in [3.63, 3.8) is 0 Å². The molecular weight excluding hydrogens is 487 g/mol. The number of sulfone groups is 1. The maximum atomic E-state index is 15.0. The van der Waals surface area contributed by atoms with Crippen LogP contribution in [0.4, 0.5) is 10.4 Å². The number of piperidine rings is 1. The molecule has 1 aromatic carbocycles. The molecule has 4 aromatic rings. The molecule has 0 atom stereocenters. The lowest BCUT2D eigenvalue weighted by atomic mass is 10.1. The maximum Gasteiger partial charge on any atom is 0.324 e. The summed E-state index contributed by atoms with van der Waals surface area (Å²) in [5.41, 5.74) is 1.70. The standard InChI is InChI=1S/C24H27FN6O4S/c1-14(2)22-27-24(35-29-22)30-11-8-16(9-12-30)34-20-7-10-26-23-21(15(3)28-31(20)23)18-6-5-17(13-19(18)25)36(4,32)33/h5-7,10,13-14,16H,8-9,11-12H2,1-4H3. The Balaban J connectivity index is 1.37. The molecule has 0 unspecified atom stereocenters. The Kier molecular flexibility index (Phi) is 6.15. The first-order valence-corrected chi connectivity index (χ1v) is 13.6. The van der Waals surface area contributed by atoms with Gasteiger partial charge >= 0.3 is 6.01 Å². The molecule has 0 N–H and O–H groups in total. The van der Waals surface area contributed by atoms with Gasteiger partial charge in [0.05, 0.1) is 16.2 Å². The molecule has 190 valence electrons. The Morgan fingerprint density at radius 3 is 2.58 bits per heavy atom. The van der Waals surface area contributed by atoms with Crippen LogP contribution < -0.4 is 9.64 Å². The fraction of sp³-hybridized carbons (Fsp3) is 0.417. The highest BCUT2D eigenvalue weighted by Gasteiger charge is 2.26. The molecule has 1 aliphatic rings. The summed E-state index contributed by atoms with van der Waals surface area (Å²) in [5.74, 6) is 0.736. The highest BCUT2D eigenvalue weighted by molar-refractivity contribution is 7.90. The molecule has 0 bridgehead atoms. The largest absolute Gasteiger partial charge is 0.474 e. The van der Waals surface area contributed by atoms with E-state index in [0.717, 1.165) is 25.2 Å². The van der Waals surface area contributed by atoms with Crippen molar-refractivity contribution in [1.29, 1.82) is 0 Å². The summed E-state index contributed by atoms with van der Waals surface area (Å²) < 4.78 is 51.8. The van der Waals surface area contributed by atoms with Gasteiger partial charge in [-0.1, -0.05) is 19.0 Å². The Morgan fingerprint density at radius 1 is 1.19 bits per heavy atom. The van der Waals surface area contributed by atoms with Crippen LogP contribution >= 0.6 is 0 Å². The minimum absolute atomic E-state index is 0.0573. The van der Waals surface area contributed by atoms with E-state index in [1.807, 2.05) is 13.8 Å². The van der Waals surface area contributed by atoms with Gasteiger partial charge in [0.1, 0.15) is 11.9 Å². The predicted molar refractivity (Wildman–Crippen MR) is 130 cm³/mol. The third-order valence-corrected chi connectivity index (χ3v) is 7.35. The number of nitrogens with zero attached hydrogens (tertiary/aromatic N) is 6. The van der Waals surface area contributed by atoms with Gasteiger partial charge in [-0.05, 0) is 25.1 Å². The third-order valence-electron chi connectivity index (χ3n) is 6.24. The molecule has 12 heteroatoms. The number of halogens is 1. The highest BCUT2D eigenvalue weighted by Crippen LogP contribution is 2.33. The van der Waals surface area contributed by atoms with Crippen molar-refractivity contribution in [2.75, 3.05) is 24.2 Å². The quantitative estimate of drug-likeness (QED) is 0.379. The van der Waals surface area contributed by atoms with E-state index in [-0.39, 0.29) is 22.5 Å². The van der Waals surface area contributed by atoms with E-state index in [1.165, 1.54) is 12.1 Å². The summed E-state index contributed by atoms with van der Waals surface area (Å²) in [6.07, 6.45) is 4.08. The van der Waals surface area contributed by atoms with Crippen molar-refractivity contribution in [2.24, 2.45) is 0 Å². The number of rotatable bonds is 6. The Morgan fingerprint density at radius 2 is 1.94 bits per heavy atom. The van der Waals surface area contributed by atoms with Crippen LogP contribution in [0.25, 0.3) is 16.8 Å². The fourth-order valence-corrected chi connectivity index (χ4v) is 4.92. The Hall–Kier alpha value is -3.54. The van der Waals surface area contributed by atoms with Crippen molar-refractivity contribution < 1.29 is 22.1 Å². The minimum atomic E-state index is -3.52. The van der Waals surface area contributed by atoms with Crippen LogP contribution in [-0.4, -0.2) is 58.6 Å². The molecule has 0 spiro atoms. The lowest BCUT2D eigenvalue weighted by Crippen LogP contribution is -2.38. The number of hydrogen-bond acceptors (Lipinski definition) is 9. The number of ether oxygens (including phenoxy) is 1. The van der Waals surface area contributed by atoms with Gasteiger partial charge in [0, 0.05) is 55.9 Å². The SMILES string of the molecule is Cc1nn2c(OC3CCN(c4nc(C(C)C)no4)CC3)ccnc2c1-c1ccc(S(C)(=O)=O)cc1F. The Labute approximate surface area is 208 Å². The molecule has 36 heavy (non-hydrogen) atoms. The van der Waals surface area contributed by atoms with Crippen molar-refractivity contribution in [3.8, 4) is 17.0 Å². The molecule has 0 amide bonds. The number of aromatic nitrogens is 5. The zero-order chi connectivity index (χ0) is 25.6. The number of aryl methyl sites for hydroxylation is 1. The molecule has 4 heterocycles. The molecule has 3 aromatic heterocycles. The van der Waals surface area contributed by atoms with Gasteiger partial charge in [-0.15, -0.1) is 0 Å². The van der Waals surface area contributed by atoms with Crippen molar-refractivity contribution in [2.45, 2.75) is 50.5 Å². The first-order valence-electron chi connectivity index (χ1n) is 11.7. The van der Waals surface area contributed by atoms with Gasteiger partial charge < -0.3 is 14.2 Å². The number of hydrogen-bond donors (Lipinski definition) is 0. The second-order valence-electron chi connectivity index (χ2n) is 9.29. The second-order valence-corrected chi connectivity index (χ2v) is 11.3. The van der Waals surface area contributed by atoms with Crippen LogP contribution in [0, 0.1) is 12.7 Å². The molecule has 0 radical (unpaired) electrons. The summed E-state index contributed by atoms with van der Waals surface area (Å²) >= 11 is 0. The summed E-state index contributed by atoms with van der Waals surface area (Å²) in [4.78, 5) is 10.9. The average molecular weight is 515 g/mol. The fourth-order valence-electron chi connectivity index (χ4n) is 4.29. The van der Waals surface area contributed by atoms with Crippen molar-refractivity contribution in [3.05, 3.63) is 47.8 Å². The van der Waals surface area contributed by atoms with Gasteiger partial charge in [-0.2, -0.15) is 14.6 Å². The first-order chi connectivity index (χ1) is 17.1. The van der Waals surface area contributed by atoms with E-state index in [4.69, 9.17) is 9.26 Å². The van der Waals surface area contributed by atoms with Crippen LogP contribution in [-0.2, 0) is 9.84 Å². The number of anilines is 1. The van der Waals surface area contributed by atoms with Gasteiger partial charge in [0.25, 0.3) is 0 Å². The molecule has 5 rings (SSSR count). The highest BCUT2D eigenvalue weighted by atomic mass is 32.2. The average Bonchev–Trinajstić information content (AvgIpc) is 3.45. The monoisotopic (exact) mass is 514 g/mol. The van der Waals surface area contributed by atoms with Crippen LogP contribution in [0.5, 0.6) is 5.88 Å².